The van der Waals surface area contributed by atoms with Crippen molar-refractivity contribution in [3.63, 3.8) is 0 Å². The summed E-state index contributed by atoms with van der Waals surface area (Å²) in [6.07, 6.45) is 0. The van der Waals surface area contributed by atoms with Crippen molar-refractivity contribution in [2.24, 2.45) is 5.84 Å². The summed E-state index contributed by atoms with van der Waals surface area (Å²) in [6.45, 7) is 3.93. The fraction of sp³-hybridized carbons (Fsp3) is 0.200. The molecule has 1 unspecified atom stereocenters. The number of nitrogens with two attached hydrogens (primary N) is 1. The zero-order chi connectivity index (χ0) is 14.0. The normalized spacial score (nSPS) is 12.5. The average Bonchev–Trinajstić information content (AvgIpc) is 2.37. The van der Waals surface area contributed by atoms with Gasteiger partial charge in [0.2, 0.25) is 0 Å². The summed E-state index contributed by atoms with van der Waals surface area (Å²) in [6, 6.07) is 9.34. The van der Waals surface area contributed by atoms with E-state index in [1.165, 1.54) is 12.1 Å². The molecule has 2 aromatic carbocycles. The topological polar surface area (TPSA) is 38.0 Å². The number of benzene rings is 2. The molecule has 2 rings (SSSR count). The minimum atomic E-state index is -0.871. The van der Waals surface area contributed by atoms with Crippen molar-refractivity contribution in [1.29, 1.82) is 0 Å². The van der Waals surface area contributed by atoms with Crippen LogP contribution in [0.4, 0.5) is 8.78 Å². The molecule has 0 spiro atoms. The molecule has 0 aromatic heterocycles. The molecule has 0 saturated carbocycles. The van der Waals surface area contributed by atoms with E-state index in [9.17, 15) is 8.78 Å². The zero-order valence-electron chi connectivity index (χ0n) is 10.9. The van der Waals surface area contributed by atoms with Crippen LogP contribution >= 0.6 is 0 Å². The van der Waals surface area contributed by atoms with Crippen LogP contribution in [0.5, 0.6) is 0 Å². The van der Waals surface area contributed by atoms with Crippen molar-refractivity contribution in [2.75, 3.05) is 0 Å². The Balaban J connectivity index is 2.53. The highest BCUT2D eigenvalue weighted by molar-refractivity contribution is 5.41. The summed E-state index contributed by atoms with van der Waals surface area (Å²) >= 11 is 0. The predicted molar refractivity (Wildman–Crippen MR) is 71.4 cm³/mol. The molecule has 0 aliphatic carbocycles. The quantitative estimate of drug-likeness (QED) is 0.658. The van der Waals surface area contributed by atoms with Gasteiger partial charge in [0.15, 0.2) is 11.6 Å². The molecular weight excluding hydrogens is 246 g/mol. The number of hydrazine groups is 1. The van der Waals surface area contributed by atoms with E-state index in [0.29, 0.717) is 5.56 Å². The second-order valence-electron chi connectivity index (χ2n) is 4.58. The van der Waals surface area contributed by atoms with Crippen molar-refractivity contribution in [2.45, 2.75) is 19.9 Å². The first-order valence-corrected chi connectivity index (χ1v) is 6.01. The van der Waals surface area contributed by atoms with Gasteiger partial charge in [-0.2, -0.15) is 0 Å². The van der Waals surface area contributed by atoms with Crippen LogP contribution in [0, 0.1) is 25.5 Å². The molecule has 0 fully saturated rings. The summed E-state index contributed by atoms with van der Waals surface area (Å²) in [5, 5.41) is 0. The SMILES string of the molecule is Cc1cccc(C)c1C(NN)c1ccc(F)c(F)c1. The lowest BCUT2D eigenvalue weighted by Crippen LogP contribution is -2.30. The number of aryl methyl sites for hydroxylation is 2. The number of halogens is 2. The molecule has 0 aliphatic heterocycles. The molecule has 100 valence electrons. The lowest BCUT2D eigenvalue weighted by molar-refractivity contribution is 0.503. The Morgan fingerprint density at radius 1 is 1.00 bits per heavy atom. The third kappa shape index (κ3) is 2.64. The second kappa shape index (κ2) is 5.47. The van der Waals surface area contributed by atoms with Gasteiger partial charge in [-0.1, -0.05) is 24.3 Å². The predicted octanol–water partition coefficient (Wildman–Crippen LogP) is 3.13. The molecule has 1 atom stereocenters. The summed E-state index contributed by atoms with van der Waals surface area (Å²) in [4.78, 5) is 0. The Labute approximate surface area is 111 Å². The number of hydrogen-bond acceptors (Lipinski definition) is 2. The maximum Gasteiger partial charge on any atom is 0.159 e. The van der Waals surface area contributed by atoms with E-state index in [4.69, 9.17) is 5.84 Å². The van der Waals surface area contributed by atoms with Gasteiger partial charge in [0, 0.05) is 0 Å². The van der Waals surface area contributed by atoms with Crippen LogP contribution in [0.15, 0.2) is 36.4 Å². The fourth-order valence-electron chi connectivity index (χ4n) is 2.32. The van der Waals surface area contributed by atoms with E-state index in [1.54, 1.807) is 0 Å². The summed E-state index contributed by atoms with van der Waals surface area (Å²) < 4.78 is 26.3. The highest BCUT2D eigenvalue weighted by Gasteiger charge is 2.18. The van der Waals surface area contributed by atoms with Gasteiger partial charge < -0.3 is 0 Å². The van der Waals surface area contributed by atoms with E-state index in [2.05, 4.69) is 5.43 Å². The molecule has 0 amide bonds. The van der Waals surface area contributed by atoms with Crippen LogP contribution in [0.2, 0.25) is 0 Å². The fourth-order valence-corrected chi connectivity index (χ4v) is 2.32. The van der Waals surface area contributed by atoms with E-state index in [1.807, 2.05) is 32.0 Å². The minimum Gasteiger partial charge on any atom is -0.271 e. The molecule has 0 heterocycles. The first-order chi connectivity index (χ1) is 9.04. The van der Waals surface area contributed by atoms with E-state index in [0.717, 1.165) is 22.8 Å². The summed E-state index contributed by atoms with van der Waals surface area (Å²) in [7, 11) is 0. The van der Waals surface area contributed by atoms with Crippen LogP contribution in [-0.2, 0) is 0 Å². The molecule has 0 bridgehead atoms. The molecule has 0 radical (unpaired) electrons. The van der Waals surface area contributed by atoms with Crippen molar-refractivity contribution >= 4 is 0 Å². The van der Waals surface area contributed by atoms with Gasteiger partial charge in [-0.25, -0.2) is 14.2 Å². The molecule has 0 saturated heterocycles. The molecule has 0 aliphatic rings. The summed E-state index contributed by atoms with van der Waals surface area (Å²) in [5.74, 6) is 3.87. The smallest absolute Gasteiger partial charge is 0.159 e. The zero-order valence-corrected chi connectivity index (χ0v) is 10.9. The van der Waals surface area contributed by atoms with Crippen molar-refractivity contribution in [3.05, 3.63) is 70.3 Å². The third-order valence-electron chi connectivity index (χ3n) is 3.27. The van der Waals surface area contributed by atoms with Gasteiger partial charge in [0.25, 0.3) is 0 Å². The van der Waals surface area contributed by atoms with Gasteiger partial charge in [0.1, 0.15) is 0 Å². The number of rotatable bonds is 3. The third-order valence-corrected chi connectivity index (χ3v) is 3.27. The monoisotopic (exact) mass is 262 g/mol. The van der Waals surface area contributed by atoms with Crippen molar-refractivity contribution in [1.82, 2.24) is 5.43 Å². The molecule has 4 heteroatoms. The summed E-state index contributed by atoms with van der Waals surface area (Å²) in [5.41, 5.74) is 6.35. The first kappa shape index (κ1) is 13.6. The first-order valence-electron chi connectivity index (χ1n) is 6.01. The number of nitrogens with one attached hydrogen (secondary N) is 1. The van der Waals surface area contributed by atoms with Crippen LogP contribution in [0.25, 0.3) is 0 Å². The van der Waals surface area contributed by atoms with E-state index >= 15 is 0 Å². The Morgan fingerprint density at radius 2 is 1.63 bits per heavy atom. The average molecular weight is 262 g/mol. The highest BCUT2D eigenvalue weighted by Crippen LogP contribution is 2.28. The van der Waals surface area contributed by atoms with Gasteiger partial charge in [-0.05, 0) is 48.2 Å². The van der Waals surface area contributed by atoms with Gasteiger partial charge in [-0.15, -0.1) is 0 Å². The maximum atomic E-state index is 13.3. The van der Waals surface area contributed by atoms with Crippen LogP contribution < -0.4 is 11.3 Å². The molecule has 2 nitrogen and oxygen atoms in total. The second-order valence-corrected chi connectivity index (χ2v) is 4.58. The lowest BCUT2D eigenvalue weighted by atomic mass is 9.91. The molecular formula is C15H16F2N2. The molecule has 3 N–H and O–H groups in total. The van der Waals surface area contributed by atoms with E-state index < -0.39 is 11.6 Å². The van der Waals surface area contributed by atoms with Gasteiger partial charge in [0.05, 0.1) is 6.04 Å². The molecule has 19 heavy (non-hydrogen) atoms. The van der Waals surface area contributed by atoms with Crippen LogP contribution in [0.3, 0.4) is 0 Å². The molecule has 2 aromatic rings. The van der Waals surface area contributed by atoms with E-state index in [-0.39, 0.29) is 6.04 Å². The maximum absolute atomic E-state index is 13.3. The van der Waals surface area contributed by atoms with Crippen LogP contribution in [-0.4, -0.2) is 0 Å². The van der Waals surface area contributed by atoms with Crippen molar-refractivity contribution in [3.8, 4) is 0 Å². The van der Waals surface area contributed by atoms with Crippen molar-refractivity contribution < 1.29 is 8.78 Å². The Kier molecular flexibility index (Phi) is 3.93. The van der Waals surface area contributed by atoms with Gasteiger partial charge in [-0.3, -0.25) is 5.84 Å². The Hall–Kier alpha value is -1.78. The largest absolute Gasteiger partial charge is 0.271 e. The van der Waals surface area contributed by atoms with Crippen LogP contribution in [0.1, 0.15) is 28.3 Å². The Morgan fingerprint density at radius 3 is 2.16 bits per heavy atom. The van der Waals surface area contributed by atoms with Gasteiger partial charge >= 0.3 is 0 Å². The lowest BCUT2D eigenvalue weighted by Gasteiger charge is -2.21. The highest BCUT2D eigenvalue weighted by atomic mass is 19.2. The number of hydrogen-bond donors (Lipinski definition) is 2. The Bertz CT molecular complexity index is 576. The minimum absolute atomic E-state index is 0.365. The standard InChI is InChI=1S/C15H16F2N2/c1-9-4-3-5-10(2)14(9)15(19-18)11-6-7-12(16)13(17)8-11/h3-8,15,19H,18H2,1-2H3.